The molecule has 1 atom stereocenters. The van der Waals surface area contributed by atoms with Crippen molar-refractivity contribution in [3.05, 3.63) is 59.0 Å². The fourth-order valence-corrected chi connectivity index (χ4v) is 3.52. The first-order valence-corrected chi connectivity index (χ1v) is 7.40. The molecule has 1 fully saturated rings. The highest BCUT2D eigenvalue weighted by molar-refractivity contribution is 5.56. The molecule has 2 aliphatic heterocycles. The highest BCUT2D eigenvalue weighted by Gasteiger charge is 2.33. The molecule has 0 spiro atoms. The fraction of sp³-hybridized carbons (Fsp3) is 0.353. The summed E-state index contributed by atoms with van der Waals surface area (Å²) in [6.07, 6.45) is 2.61. The van der Waals surface area contributed by atoms with Gasteiger partial charge in [0.2, 0.25) is 0 Å². The third-order valence-corrected chi connectivity index (χ3v) is 4.57. The van der Waals surface area contributed by atoms with Gasteiger partial charge in [0.15, 0.2) is 0 Å². The molecule has 3 nitrogen and oxygen atoms in total. The molecule has 3 heterocycles. The molecule has 0 saturated carbocycles. The van der Waals surface area contributed by atoms with Gasteiger partial charge in [0.05, 0.1) is 6.04 Å². The Hall–Kier alpha value is -1.94. The Morgan fingerprint density at radius 2 is 2.10 bits per heavy atom. The first kappa shape index (κ1) is 12.8. The van der Waals surface area contributed by atoms with E-state index in [9.17, 15) is 4.39 Å². The van der Waals surface area contributed by atoms with Crippen LogP contribution in [0.15, 0.2) is 36.5 Å². The van der Waals surface area contributed by atoms with Crippen molar-refractivity contribution in [2.75, 3.05) is 31.6 Å². The van der Waals surface area contributed by atoms with Gasteiger partial charge in [0, 0.05) is 32.3 Å². The van der Waals surface area contributed by atoms with Crippen LogP contribution in [0, 0.1) is 5.82 Å². The van der Waals surface area contributed by atoms with Gasteiger partial charge in [-0.2, -0.15) is 0 Å². The van der Waals surface area contributed by atoms with Crippen LogP contribution in [0.5, 0.6) is 0 Å². The largest absolute Gasteiger partial charge is 0.347 e. The summed E-state index contributed by atoms with van der Waals surface area (Å²) in [5.74, 6) is 0.906. The number of halogens is 1. The molecule has 0 radical (unpaired) electrons. The summed E-state index contributed by atoms with van der Waals surface area (Å²) < 4.78 is 13.7. The van der Waals surface area contributed by atoms with E-state index in [0.29, 0.717) is 0 Å². The van der Waals surface area contributed by atoms with Gasteiger partial charge in [-0.1, -0.05) is 12.1 Å². The van der Waals surface area contributed by atoms with Crippen molar-refractivity contribution >= 4 is 5.82 Å². The van der Waals surface area contributed by atoms with Crippen LogP contribution in [0.2, 0.25) is 0 Å². The third kappa shape index (κ3) is 2.10. The lowest BCUT2D eigenvalue weighted by Gasteiger charge is -2.41. The number of piperazine rings is 1. The molecule has 0 bridgehead atoms. The van der Waals surface area contributed by atoms with E-state index in [1.54, 1.807) is 12.1 Å². The van der Waals surface area contributed by atoms with Crippen LogP contribution >= 0.6 is 0 Å². The average molecular weight is 282 g/mol. The maximum atomic E-state index is 13.7. The van der Waals surface area contributed by atoms with Crippen LogP contribution < -0.4 is 4.90 Å². The smallest absolute Gasteiger partial charge is 0.132 e. The van der Waals surface area contributed by atoms with Gasteiger partial charge in [0.25, 0.3) is 0 Å². The molecule has 1 saturated heterocycles. The minimum atomic E-state index is -0.156. The van der Waals surface area contributed by atoms with Gasteiger partial charge in [-0.05, 0) is 41.9 Å². The molecule has 21 heavy (non-hydrogen) atoms. The van der Waals surface area contributed by atoms with Gasteiger partial charge in [-0.25, -0.2) is 9.37 Å². The average Bonchev–Trinajstić information content (AvgIpc) is 2.60. The monoisotopic (exact) mass is 282 g/mol. The Kier molecular flexibility index (Phi) is 2.93. The maximum Gasteiger partial charge on any atom is 0.132 e. The molecular formula is C17H18FN3. The number of hydrogen-bond donors (Lipinski definition) is 0. The van der Waals surface area contributed by atoms with Crippen molar-refractivity contribution < 1.29 is 4.39 Å². The predicted molar refractivity (Wildman–Crippen MR) is 81.0 cm³/mol. The molecule has 0 aliphatic carbocycles. The zero-order valence-corrected chi connectivity index (χ0v) is 12.1. The van der Waals surface area contributed by atoms with Crippen molar-refractivity contribution in [2.45, 2.75) is 12.5 Å². The molecule has 4 heteroatoms. The van der Waals surface area contributed by atoms with Crippen LogP contribution in [0.3, 0.4) is 0 Å². The number of pyridine rings is 1. The second-order valence-corrected chi connectivity index (χ2v) is 5.98. The Bertz CT molecular complexity index is 685. The van der Waals surface area contributed by atoms with Crippen LogP contribution in [-0.2, 0) is 6.42 Å². The van der Waals surface area contributed by atoms with E-state index in [2.05, 4.69) is 27.9 Å². The van der Waals surface area contributed by atoms with Gasteiger partial charge in [-0.3, -0.25) is 0 Å². The molecule has 1 unspecified atom stereocenters. The van der Waals surface area contributed by atoms with Gasteiger partial charge in [0.1, 0.15) is 11.6 Å². The summed E-state index contributed by atoms with van der Waals surface area (Å²) in [7, 11) is 2.14. The van der Waals surface area contributed by atoms with Gasteiger partial charge >= 0.3 is 0 Å². The summed E-state index contributed by atoms with van der Waals surface area (Å²) in [6.45, 7) is 2.94. The fourth-order valence-electron chi connectivity index (χ4n) is 3.52. The summed E-state index contributed by atoms with van der Waals surface area (Å²) in [5, 5.41) is 0. The molecule has 0 amide bonds. The lowest BCUT2D eigenvalue weighted by molar-refractivity contribution is 0.268. The lowest BCUT2D eigenvalue weighted by Crippen LogP contribution is -2.47. The molecule has 4 rings (SSSR count). The van der Waals surface area contributed by atoms with Crippen LogP contribution in [0.1, 0.15) is 22.7 Å². The quantitative estimate of drug-likeness (QED) is 0.740. The van der Waals surface area contributed by atoms with E-state index in [-0.39, 0.29) is 11.9 Å². The number of anilines is 1. The predicted octanol–water partition coefficient (Wildman–Crippen LogP) is 2.62. The van der Waals surface area contributed by atoms with Crippen molar-refractivity contribution in [1.29, 1.82) is 0 Å². The second-order valence-electron chi connectivity index (χ2n) is 5.98. The summed E-state index contributed by atoms with van der Waals surface area (Å²) >= 11 is 0. The van der Waals surface area contributed by atoms with Gasteiger partial charge in [-0.15, -0.1) is 0 Å². The first-order chi connectivity index (χ1) is 10.2. The Labute approximate surface area is 124 Å². The summed E-state index contributed by atoms with van der Waals surface area (Å²) in [6, 6.07) is 9.55. The standard InChI is InChI=1S/C17H18FN3/c1-20-7-8-21-16(11-20)15-5-4-14(18)10-13(15)9-12-3-2-6-19-17(12)21/h2-6,10,16H,7-9,11H2,1H3/i18-1. The highest BCUT2D eigenvalue weighted by atomic mass is 18.2. The summed E-state index contributed by atoms with van der Waals surface area (Å²) in [4.78, 5) is 9.33. The third-order valence-electron chi connectivity index (χ3n) is 4.57. The molecule has 2 aromatic rings. The van der Waals surface area contributed by atoms with Gasteiger partial charge < -0.3 is 9.80 Å². The Balaban J connectivity index is 1.91. The highest BCUT2D eigenvalue weighted by Crippen LogP contribution is 2.37. The maximum absolute atomic E-state index is 13.7. The summed E-state index contributed by atoms with van der Waals surface area (Å²) in [5.41, 5.74) is 3.52. The molecule has 0 N–H and O–H groups in total. The van der Waals surface area contributed by atoms with E-state index in [4.69, 9.17) is 0 Å². The van der Waals surface area contributed by atoms with Crippen molar-refractivity contribution in [2.24, 2.45) is 0 Å². The molecule has 1 aromatic carbocycles. The Morgan fingerprint density at radius 3 is 3.00 bits per heavy atom. The van der Waals surface area contributed by atoms with E-state index in [0.717, 1.165) is 37.4 Å². The minimum Gasteiger partial charge on any atom is -0.347 e. The zero-order valence-electron chi connectivity index (χ0n) is 12.1. The van der Waals surface area contributed by atoms with Crippen molar-refractivity contribution in [1.82, 2.24) is 9.88 Å². The van der Waals surface area contributed by atoms with Crippen LogP contribution in [-0.4, -0.2) is 36.6 Å². The number of fused-ring (bicyclic) bond motifs is 5. The minimum absolute atomic E-state index is 0.156. The van der Waals surface area contributed by atoms with E-state index >= 15 is 0 Å². The second kappa shape index (κ2) is 4.81. The zero-order chi connectivity index (χ0) is 14.4. The normalized spacial score (nSPS) is 21.2. The number of likely N-dealkylation sites (N-methyl/N-ethyl adjacent to an activating group) is 1. The lowest BCUT2D eigenvalue weighted by atomic mass is 9.96. The molecule has 1 aromatic heterocycles. The van der Waals surface area contributed by atoms with E-state index in [1.807, 2.05) is 18.3 Å². The number of hydrogen-bond acceptors (Lipinski definition) is 3. The Morgan fingerprint density at radius 1 is 1.19 bits per heavy atom. The van der Waals surface area contributed by atoms with E-state index in [1.165, 1.54) is 11.1 Å². The topological polar surface area (TPSA) is 19.4 Å². The molecular weight excluding hydrogens is 264 g/mol. The van der Waals surface area contributed by atoms with Crippen molar-refractivity contribution in [3.8, 4) is 0 Å². The first-order valence-electron chi connectivity index (χ1n) is 7.40. The molecule has 2 aliphatic rings. The molecule has 108 valence electrons. The van der Waals surface area contributed by atoms with Crippen LogP contribution in [0.25, 0.3) is 0 Å². The van der Waals surface area contributed by atoms with Crippen LogP contribution in [0.4, 0.5) is 10.2 Å². The van der Waals surface area contributed by atoms with E-state index < -0.39 is 0 Å². The SMILES string of the molecule is CN1CCN2c3ncccc3Cc3cc([18F])ccc3C2C1. The van der Waals surface area contributed by atoms with Crippen molar-refractivity contribution in [3.63, 3.8) is 0 Å². The number of rotatable bonds is 0. The number of aromatic nitrogens is 1. The number of benzene rings is 1. The number of nitrogens with zero attached hydrogens (tertiary/aromatic N) is 3.